The third kappa shape index (κ3) is 5.05. The van der Waals surface area contributed by atoms with Crippen LogP contribution in [-0.2, 0) is 16.0 Å². The minimum absolute atomic E-state index is 0. The lowest BCUT2D eigenvalue weighted by atomic mass is 10.1. The normalized spacial score (nSPS) is 19.6. The van der Waals surface area contributed by atoms with Gasteiger partial charge in [0, 0.05) is 45.7 Å². The zero-order valence-electron chi connectivity index (χ0n) is 15.9. The average Bonchev–Trinajstić information content (AvgIpc) is 3.06. The lowest BCUT2D eigenvalue weighted by Gasteiger charge is -2.29. The third-order valence-electron chi connectivity index (χ3n) is 5.11. The standard InChI is InChI=1S/C19H27N3O4.ClH/c1-25-16-4-3-14(11-17(16)26-2)5-8-22-13-15(12-18(22)23)19(24)21-9-6-20-7-10-21;/h3-4,11,15,20H,5-10,12-13H2,1-2H3;1H. The highest BCUT2D eigenvalue weighted by molar-refractivity contribution is 5.89. The number of nitrogens with zero attached hydrogens (tertiary/aromatic N) is 2. The number of methoxy groups -OCH3 is 2. The van der Waals surface area contributed by atoms with E-state index >= 15 is 0 Å². The summed E-state index contributed by atoms with van der Waals surface area (Å²) < 4.78 is 10.6. The summed E-state index contributed by atoms with van der Waals surface area (Å²) in [4.78, 5) is 28.6. The van der Waals surface area contributed by atoms with Crippen molar-refractivity contribution in [2.75, 3.05) is 53.5 Å². The van der Waals surface area contributed by atoms with Gasteiger partial charge in [0.2, 0.25) is 11.8 Å². The molecule has 2 heterocycles. The second-order valence-corrected chi connectivity index (χ2v) is 6.76. The van der Waals surface area contributed by atoms with Crippen LogP contribution in [-0.4, -0.2) is 75.1 Å². The third-order valence-corrected chi connectivity index (χ3v) is 5.11. The highest BCUT2D eigenvalue weighted by atomic mass is 35.5. The summed E-state index contributed by atoms with van der Waals surface area (Å²) in [6.07, 6.45) is 1.05. The van der Waals surface area contributed by atoms with Crippen LogP contribution >= 0.6 is 12.4 Å². The summed E-state index contributed by atoms with van der Waals surface area (Å²) in [7, 11) is 3.22. The minimum Gasteiger partial charge on any atom is -0.493 e. The molecular formula is C19H28ClN3O4. The first-order chi connectivity index (χ1) is 12.6. The minimum atomic E-state index is -0.203. The quantitative estimate of drug-likeness (QED) is 0.773. The van der Waals surface area contributed by atoms with Gasteiger partial charge in [-0.3, -0.25) is 9.59 Å². The number of carbonyl (C=O) groups is 2. The van der Waals surface area contributed by atoms with Crippen LogP contribution in [0.4, 0.5) is 0 Å². The number of halogens is 1. The highest BCUT2D eigenvalue weighted by Crippen LogP contribution is 2.28. The first kappa shape index (κ1) is 21.3. The van der Waals surface area contributed by atoms with E-state index in [4.69, 9.17) is 9.47 Å². The number of ether oxygens (including phenoxy) is 2. The average molecular weight is 398 g/mol. The van der Waals surface area contributed by atoms with Gasteiger partial charge in [0.25, 0.3) is 0 Å². The monoisotopic (exact) mass is 397 g/mol. The van der Waals surface area contributed by atoms with E-state index in [0.717, 1.165) is 38.2 Å². The number of rotatable bonds is 6. The van der Waals surface area contributed by atoms with Crippen molar-refractivity contribution < 1.29 is 19.1 Å². The van der Waals surface area contributed by atoms with E-state index in [1.807, 2.05) is 28.0 Å². The number of amides is 2. The van der Waals surface area contributed by atoms with E-state index in [0.29, 0.717) is 31.0 Å². The lowest BCUT2D eigenvalue weighted by Crippen LogP contribution is -2.48. The molecule has 1 aromatic carbocycles. The molecule has 1 unspecified atom stereocenters. The van der Waals surface area contributed by atoms with Crippen molar-refractivity contribution in [3.05, 3.63) is 23.8 Å². The maximum Gasteiger partial charge on any atom is 0.228 e. The molecule has 0 spiro atoms. The molecule has 2 saturated heterocycles. The van der Waals surface area contributed by atoms with Gasteiger partial charge in [-0.15, -0.1) is 12.4 Å². The highest BCUT2D eigenvalue weighted by Gasteiger charge is 2.36. The molecule has 0 bridgehead atoms. The number of hydrogen-bond donors (Lipinski definition) is 1. The smallest absolute Gasteiger partial charge is 0.228 e. The molecule has 0 saturated carbocycles. The number of likely N-dealkylation sites (tertiary alicyclic amines) is 1. The Labute approximate surface area is 166 Å². The first-order valence-corrected chi connectivity index (χ1v) is 9.10. The van der Waals surface area contributed by atoms with Gasteiger partial charge < -0.3 is 24.6 Å². The van der Waals surface area contributed by atoms with Crippen LogP contribution in [0.5, 0.6) is 11.5 Å². The van der Waals surface area contributed by atoms with Gasteiger partial charge in [-0.2, -0.15) is 0 Å². The van der Waals surface area contributed by atoms with Crippen LogP contribution < -0.4 is 14.8 Å². The van der Waals surface area contributed by atoms with Gasteiger partial charge in [0.1, 0.15) is 0 Å². The number of piperazine rings is 1. The number of hydrogen-bond acceptors (Lipinski definition) is 5. The molecule has 27 heavy (non-hydrogen) atoms. The fourth-order valence-electron chi connectivity index (χ4n) is 3.60. The van der Waals surface area contributed by atoms with Crippen molar-refractivity contribution in [2.24, 2.45) is 5.92 Å². The van der Waals surface area contributed by atoms with Crippen LogP contribution in [0.1, 0.15) is 12.0 Å². The van der Waals surface area contributed by atoms with E-state index in [1.54, 1.807) is 14.2 Å². The fourth-order valence-corrected chi connectivity index (χ4v) is 3.60. The molecule has 1 N–H and O–H groups in total. The van der Waals surface area contributed by atoms with Crippen LogP contribution in [0.3, 0.4) is 0 Å². The molecule has 2 fully saturated rings. The molecule has 0 aromatic heterocycles. The van der Waals surface area contributed by atoms with Gasteiger partial charge >= 0.3 is 0 Å². The van der Waals surface area contributed by atoms with Crippen LogP contribution in [0.15, 0.2) is 18.2 Å². The molecule has 2 aliphatic rings. The molecule has 2 aliphatic heterocycles. The Morgan fingerprint density at radius 1 is 1.19 bits per heavy atom. The molecule has 0 radical (unpaired) electrons. The van der Waals surface area contributed by atoms with E-state index in [-0.39, 0.29) is 30.1 Å². The van der Waals surface area contributed by atoms with Gasteiger partial charge in [-0.1, -0.05) is 6.07 Å². The Bertz CT molecular complexity index is 664. The summed E-state index contributed by atoms with van der Waals surface area (Å²) in [5, 5.41) is 3.24. The molecule has 1 atom stereocenters. The molecule has 1 aromatic rings. The van der Waals surface area contributed by atoms with Crippen LogP contribution in [0.2, 0.25) is 0 Å². The Morgan fingerprint density at radius 3 is 2.56 bits per heavy atom. The van der Waals surface area contributed by atoms with Gasteiger partial charge in [-0.25, -0.2) is 0 Å². The molecule has 3 rings (SSSR count). The Balaban J connectivity index is 0.00000261. The van der Waals surface area contributed by atoms with Crippen LogP contribution in [0, 0.1) is 5.92 Å². The zero-order valence-corrected chi connectivity index (χ0v) is 16.7. The molecule has 8 heteroatoms. The summed E-state index contributed by atoms with van der Waals surface area (Å²) in [6, 6.07) is 5.78. The molecule has 2 amide bonds. The first-order valence-electron chi connectivity index (χ1n) is 9.10. The molecule has 150 valence electrons. The van der Waals surface area contributed by atoms with Crippen molar-refractivity contribution in [3.8, 4) is 11.5 Å². The van der Waals surface area contributed by atoms with Crippen molar-refractivity contribution in [2.45, 2.75) is 12.8 Å². The predicted molar refractivity (Wildman–Crippen MR) is 105 cm³/mol. The maximum absolute atomic E-state index is 12.6. The zero-order chi connectivity index (χ0) is 18.5. The summed E-state index contributed by atoms with van der Waals surface area (Å²) >= 11 is 0. The lowest BCUT2D eigenvalue weighted by molar-refractivity contribution is -0.136. The van der Waals surface area contributed by atoms with Crippen molar-refractivity contribution in [3.63, 3.8) is 0 Å². The van der Waals surface area contributed by atoms with Gasteiger partial charge in [0.15, 0.2) is 11.5 Å². The molecule has 7 nitrogen and oxygen atoms in total. The molecule has 0 aliphatic carbocycles. The van der Waals surface area contributed by atoms with Gasteiger partial charge in [-0.05, 0) is 24.1 Å². The van der Waals surface area contributed by atoms with Crippen LogP contribution in [0.25, 0.3) is 0 Å². The fraction of sp³-hybridized carbons (Fsp3) is 0.579. The topological polar surface area (TPSA) is 71.1 Å². The van der Waals surface area contributed by atoms with E-state index < -0.39 is 0 Å². The van der Waals surface area contributed by atoms with Crippen molar-refractivity contribution >= 4 is 24.2 Å². The van der Waals surface area contributed by atoms with E-state index in [9.17, 15) is 9.59 Å². The predicted octanol–water partition coefficient (Wildman–Crippen LogP) is 0.948. The Morgan fingerprint density at radius 2 is 1.89 bits per heavy atom. The largest absolute Gasteiger partial charge is 0.493 e. The van der Waals surface area contributed by atoms with E-state index in [1.165, 1.54) is 0 Å². The SMILES string of the molecule is COc1ccc(CCN2CC(C(=O)N3CCNCC3)CC2=O)cc1OC.Cl. The van der Waals surface area contributed by atoms with Crippen molar-refractivity contribution in [1.82, 2.24) is 15.1 Å². The van der Waals surface area contributed by atoms with E-state index in [2.05, 4.69) is 5.32 Å². The molecular weight excluding hydrogens is 370 g/mol. The van der Waals surface area contributed by atoms with Crippen molar-refractivity contribution in [1.29, 1.82) is 0 Å². The number of carbonyl (C=O) groups excluding carboxylic acids is 2. The number of benzene rings is 1. The maximum atomic E-state index is 12.6. The summed E-state index contributed by atoms with van der Waals surface area (Å²) in [5.41, 5.74) is 1.08. The second-order valence-electron chi connectivity index (χ2n) is 6.76. The van der Waals surface area contributed by atoms with Gasteiger partial charge in [0.05, 0.1) is 20.1 Å². The summed E-state index contributed by atoms with van der Waals surface area (Å²) in [5.74, 6) is 1.36. The Hall–Kier alpha value is -1.99. The summed E-state index contributed by atoms with van der Waals surface area (Å²) in [6.45, 7) is 4.25. The Kier molecular flexibility index (Phi) is 7.74. The second kappa shape index (κ2) is 9.80. The number of nitrogens with one attached hydrogen (secondary N) is 1.